The summed E-state index contributed by atoms with van der Waals surface area (Å²) >= 11 is 0. The van der Waals surface area contributed by atoms with Crippen molar-refractivity contribution in [3.8, 4) is 0 Å². The number of nitrogens with one attached hydrogen (secondary N) is 2. The predicted molar refractivity (Wildman–Crippen MR) is 217 cm³/mol. The van der Waals surface area contributed by atoms with Gasteiger partial charge in [0.05, 0.1) is 29.6 Å². The smallest absolute Gasteiger partial charge is 0.321 e. The second-order valence-electron chi connectivity index (χ2n) is 16.3. The van der Waals surface area contributed by atoms with E-state index in [1.807, 2.05) is 32.1 Å². The van der Waals surface area contributed by atoms with Gasteiger partial charge in [0, 0.05) is 74.2 Å². The van der Waals surface area contributed by atoms with Gasteiger partial charge in [0.2, 0.25) is 0 Å². The largest absolute Gasteiger partial charge is 0.512 e. The van der Waals surface area contributed by atoms with E-state index >= 15 is 0 Å². The molecule has 10 heteroatoms. The van der Waals surface area contributed by atoms with Crippen LogP contribution >= 0.6 is 0 Å². The number of methoxy groups -OCH3 is 1. The summed E-state index contributed by atoms with van der Waals surface area (Å²) in [5.74, 6) is -1.36. The Morgan fingerprint density at radius 3 is 2.25 bits per heavy atom. The number of hydrogen-bond donors (Lipinski definition) is 4. The number of aromatic nitrogens is 4. The molecule has 2 aliphatic heterocycles. The van der Waals surface area contributed by atoms with Crippen LogP contribution in [0.5, 0.6) is 0 Å². The van der Waals surface area contributed by atoms with Gasteiger partial charge in [-0.1, -0.05) is 46.6 Å². The van der Waals surface area contributed by atoms with Crippen LogP contribution in [0, 0.1) is 19.8 Å². The van der Waals surface area contributed by atoms with Gasteiger partial charge in [-0.2, -0.15) is 0 Å². The SMILES string of the molecule is CC[C@H]1c2cc3[nH]c4c(c5nc(cc6[nH]c(cc(n2)[C@@H]1C)c(=C(C)O)c6C)[C@@H](C)[C@@H]5CCC(=O)OC/C=C(\C)CCCC(C)C)[C@@H](C(=O)OC)C(O)=c4c3C. The zero-order chi connectivity index (χ0) is 39.9. The van der Waals surface area contributed by atoms with Crippen LogP contribution in [0.1, 0.15) is 156 Å². The summed E-state index contributed by atoms with van der Waals surface area (Å²) in [6, 6.07) is 6.10. The molecule has 0 amide bonds. The lowest BCUT2D eigenvalue weighted by Gasteiger charge is -2.19. The number of carbonyl (C=O) groups is 2. The zero-order valence-electron chi connectivity index (χ0n) is 34.1. The van der Waals surface area contributed by atoms with Gasteiger partial charge in [0.25, 0.3) is 0 Å². The summed E-state index contributed by atoms with van der Waals surface area (Å²) in [5.41, 5.74) is 9.65. The molecule has 0 spiro atoms. The quantitative estimate of drug-likeness (QED) is 0.112. The highest BCUT2D eigenvalue weighted by Gasteiger charge is 2.41. The van der Waals surface area contributed by atoms with Crippen LogP contribution in [0.2, 0.25) is 0 Å². The van der Waals surface area contributed by atoms with Crippen molar-refractivity contribution >= 4 is 45.5 Å². The van der Waals surface area contributed by atoms with E-state index < -0.39 is 11.9 Å². The number of aliphatic hydroxyl groups excluding tert-OH is 2. The van der Waals surface area contributed by atoms with E-state index in [1.165, 1.54) is 12.7 Å². The van der Waals surface area contributed by atoms with Crippen molar-refractivity contribution in [2.24, 2.45) is 5.92 Å². The highest BCUT2D eigenvalue weighted by molar-refractivity contribution is 5.96. The van der Waals surface area contributed by atoms with Crippen molar-refractivity contribution in [3.05, 3.63) is 79.8 Å². The lowest BCUT2D eigenvalue weighted by atomic mass is 9.84. The first-order valence-electron chi connectivity index (χ1n) is 19.9. The Kier molecular flexibility index (Phi) is 11.6. The van der Waals surface area contributed by atoms with Crippen LogP contribution in [-0.2, 0) is 19.1 Å². The number of hydrogen-bond acceptors (Lipinski definition) is 8. The minimum Gasteiger partial charge on any atom is -0.512 e. The van der Waals surface area contributed by atoms with E-state index in [1.54, 1.807) is 6.92 Å². The molecule has 5 heterocycles. The number of esters is 2. The maximum atomic E-state index is 13.6. The molecular weight excluding hydrogens is 693 g/mol. The first-order valence-corrected chi connectivity index (χ1v) is 19.9. The summed E-state index contributed by atoms with van der Waals surface area (Å²) in [7, 11) is 1.32. The van der Waals surface area contributed by atoms with Gasteiger partial charge in [-0.15, -0.1) is 0 Å². The number of aryl methyl sites for hydroxylation is 2. The van der Waals surface area contributed by atoms with Crippen molar-refractivity contribution in [2.75, 3.05) is 13.7 Å². The van der Waals surface area contributed by atoms with Crippen molar-refractivity contribution in [1.29, 1.82) is 0 Å². The normalized spacial score (nSPS) is 21.3. The molecule has 0 saturated carbocycles. The van der Waals surface area contributed by atoms with Crippen molar-refractivity contribution in [2.45, 2.75) is 130 Å². The number of aliphatic hydroxyl groups is 2. The Balaban J connectivity index is 1.54. The molecule has 0 radical (unpaired) electrons. The van der Waals surface area contributed by atoms with Crippen LogP contribution in [0.4, 0.5) is 0 Å². The third kappa shape index (κ3) is 7.57. The van der Waals surface area contributed by atoms with Crippen LogP contribution < -0.4 is 10.4 Å². The van der Waals surface area contributed by atoms with Gasteiger partial charge >= 0.3 is 11.9 Å². The number of fused-ring (bicyclic) bond motifs is 8. The molecule has 3 aromatic heterocycles. The average molecular weight is 751 g/mol. The Labute approximate surface area is 323 Å². The number of H-pyrrole nitrogens is 2. The molecule has 3 aromatic rings. The highest BCUT2D eigenvalue weighted by Crippen LogP contribution is 2.46. The van der Waals surface area contributed by atoms with E-state index in [4.69, 9.17) is 19.4 Å². The number of rotatable bonds is 11. The van der Waals surface area contributed by atoms with E-state index in [0.29, 0.717) is 34.3 Å². The molecule has 8 bridgehead atoms. The number of allylic oxidation sites excluding steroid dienone is 1. The van der Waals surface area contributed by atoms with Gasteiger partial charge in [-0.25, -0.2) is 0 Å². The minimum absolute atomic E-state index is 0.0781. The van der Waals surface area contributed by atoms with Crippen LogP contribution in [-0.4, -0.2) is 55.8 Å². The maximum Gasteiger partial charge on any atom is 0.321 e. The molecule has 0 saturated heterocycles. The molecular formula is C45H58N4O6. The van der Waals surface area contributed by atoms with Gasteiger partial charge in [0.1, 0.15) is 18.3 Å². The lowest BCUT2D eigenvalue weighted by molar-refractivity contribution is -0.143. The molecule has 0 fully saturated rings. The Morgan fingerprint density at radius 1 is 0.927 bits per heavy atom. The molecule has 1 aliphatic carbocycles. The monoisotopic (exact) mass is 750 g/mol. The summed E-state index contributed by atoms with van der Waals surface area (Å²) in [5, 5.41) is 24.1. The second-order valence-corrected chi connectivity index (χ2v) is 16.3. The molecule has 55 heavy (non-hydrogen) atoms. The fourth-order valence-corrected chi connectivity index (χ4v) is 8.88. The summed E-state index contributed by atoms with van der Waals surface area (Å²) in [6.07, 6.45) is 6.69. The first-order chi connectivity index (χ1) is 26.2. The Bertz CT molecular complexity index is 2330. The molecule has 3 aliphatic rings. The predicted octanol–water partition coefficient (Wildman–Crippen LogP) is 8.83. The first kappa shape index (κ1) is 39.8. The number of aromatic amines is 2. The molecule has 10 nitrogen and oxygen atoms in total. The van der Waals surface area contributed by atoms with Gasteiger partial charge in [-0.3, -0.25) is 19.6 Å². The van der Waals surface area contributed by atoms with Crippen LogP contribution in [0.15, 0.2) is 29.8 Å². The molecule has 6 rings (SSSR count). The average Bonchev–Trinajstić information content (AvgIpc) is 3.87. The van der Waals surface area contributed by atoms with Crippen LogP contribution in [0.25, 0.3) is 33.6 Å². The molecule has 0 unspecified atom stereocenters. The molecule has 0 aromatic carbocycles. The third-order valence-corrected chi connectivity index (χ3v) is 12.2. The van der Waals surface area contributed by atoms with Crippen molar-refractivity contribution < 1.29 is 29.3 Å². The summed E-state index contributed by atoms with van der Waals surface area (Å²) in [4.78, 5) is 44.3. The number of carbonyl (C=O) groups excluding carboxylic acids is 2. The van der Waals surface area contributed by atoms with Crippen LogP contribution in [0.3, 0.4) is 0 Å². The fourth-order valence-electron chi connectivity index (χ4n) is 8.88. The maximum absolute atomic E-state index is 13.6. The highest BCUT2D eigenvalue weighted by atomic mass is 16.5. The molecule has 4 N–H and O–H groups in total. The Hall–Kier alpha value is -4.86. The lowest BCUT2D eigenvalue weighted by Crippen LogP contribution is -2.18. The minimum atomic E-state index is -1.08. The van der Waals surface area contributed by atoms with Crippen molar-refractivity contribution in [3.63, 3.8) is 0 Å². The van der Waals surface area contributed by atoms with E-state index in [2.05, 4.69) is 57.6 Å². The second kappa shape index (κ2) is 16.1. The summed E-state index contributed by atoms with van der Waals surface area (Å²) < 4.78 is 11.0. The fraction of sp³-hybridized carbons (Fsp3) is 0.511. The zero-order valence-corrected chi connectivity index (χ0v) is 34.1. The van der Waals surface area contributed by atoms with Gasteiger partial charge in [-0.05, 0) is 94.7 Å². The molecule has 294 valence electrons. The van der Waals surface area contributed by atoms with Crippen molar-refractivity contribution in [1.82, 2.24) is 19.9 Å². The standard InChI is InChI=1S/C45H58N4O6/c1-11-29-24(5)31-21-36-38(28(9)50)26(7)33(47-36)19-32-25(6)30(15-16-37(51)55-18-17-23(4)14-12-13-22(2)3)42(48-32)40-41(45(53)54-10)44(52)39-27(8)34(49-43(39)40)20-35(29)46-31/h17,19-22,24-25,29-30,41,47,49-50,52H,11-16,18H2,1-10H3/b23-17+,32-19?,35-20?,36-21?,38-28?/t24-,25+,29-,30+,41-/m1/s1. The Morgan fingerprint density at radius 2 is 1.58 bits per heavy atom. The third-order valence-electron chi connectivity index (χ3n) is 12.2. The number of ether oxygens (including phenoxy) is 2. The summed E-state index contributed by atoms with van der Waals surface area (Å²) in [6.45, 7) is 18.8. The van der Waals surface area contributed by atoms with E-state index in [-0.39, 0.29) is 54.2 Å². The molecule has 5 atom stereocenters. The number of nitrogens with zero attached hydrogens (tertiary/aromatic N) is 2. The topological polar surface area (TPSA) is 150 Å². The van der Waals surface area contributed by atoms with E-state index in [0.717, 1.165) is 75.7 Å². The van der Waals surface area contributed by atoms with Gasteiger partial charge in [0.15, 0.2) is 0 Å². The van der Waals surface area contributed by atoms with Gasteiger partial charge < -0.3 is 29.7 Å². The van der Waals surface area contributed by atoms with E-state index in [9.17, 15) is 19.8 Å².